The van der Waals surface area contributed by atoms with Gasteiger partial charge in [0.25, 0.3) is 0 Å². The highest BCUT2D eigenvalue weighted by Crippen LogP contribution is 2.49. The topological polar surface area (TPSA) is 26.3 Å². The van der Waals surface area contributed by atoms with Gasteiger partial charge in [-0.3, -0.25) is 4.79 Å². The lowest BCUT2D eigenvalue weighted by Gasteiger charge is -2.23. The van der Waals surface area contributed by atoms with Crippen LogP contribution in [0.5, 0.6) is 0 Å². The van der Waals surface area contributed by atoms with E-state index < -0.39 is 0 Å². The quantitative estimate of drug-likeness (QED) is 0.583. The zero-order chi connectivity index (χ0) is 9.60. The van der Waals surface area contributed by atoms with Crippen molar-refractivity contribution in [3.63, 3.8) is 0 Å². The number of carbonyl (C=O) groups is 1. The average Bonchev–Trinajstić information content (AvgIpc) is 2.69. The summed E-state index contributed by atoms with van der Waals surface area (Å²) in [7, 11) is 0. The molecule has 0 aromatic carbocycles. The molecule has 1 saturated heterocycles. The van der Waals surface area contributed by atoms with Gasteiger partial charge in [0.2, 0.25) is 0 Å². The molecule has 14 heavy (non-hydrogen) atoms. The van der Waals surface area contributed by atoms with Crippen molar-refractivity contribution in [1.82, 2.24) is 0 Å². The summed E-state index contributed by atoms with van der Waals surface area (Å²) >= 11 is 0. The molecule has 0 amide bonds. The molecule has 2 nitrogen and oxygen atoms in total. The second kappa shape index (κ2) is 2.80. The monoisotopic (exact) mass is 190 g/mol. The van der Waals surface area contributed by atoms with Gasteiger partial charge in [-0.25, -0.2) is 0 Å². The number of fused-ring (bicyclic) bond motifs is 1. The molecule has 0 radical (unpaired) electrons. The van der Waals surface area contributed by atoms with Crippen molar-refractivity contribution >= 4 is 5.78 Å². The van der Waals surface area contributed by atoms with E-state index in [1.54, 1.807) is 12.2 Å². The Morgan fingerprint density at radius 1 is 1.29 bits per heavy atom. The van der Waals surface area contributed by atoms with Gasteiger partial charge in [-0.05, 0) is 37.3 Å². The first kappa shape index (κ1) is 8.42. The summed E-state index contributed by atoms with van der Waals surface area (Å²) in [4.78, 5) is 11.0. The van der Waals surface area contributed by atoms with E-state index in [1.807, 2.05) is 0 Å². The molecule has 1 spiro atoms. The molecule has 0 unspecified atom stereocenters. The van der Waals surface area contributed by atoms with Crippen LogP contribution in [0.3, 0.4) is 0 Å². The molecule has 0 aromatic rings. The predicted octanol–water partition coefficient (Wildman–Crippen LogP) is 1.87. The molecule has 0 N–H and O–H groups in total. The molecule has 3 rings (SSSR count). The molecule has 2 aliphatic carbocycles. The lowest BCUT2D eigenvalue weighted by molar-refractivity contribution is -0.110. The van der Waals surface area contributed by atoms with Gasteiger partial charge in [-0.2, -0.15) is 0 Å². The van der Waals surface area contributed by atoms with Crippen molar-refractivity contribution in [2.75, 3.05) is 6.61 Å². The number of hydrogen-bond donors (Lipinski definition) is 0. The first-order chi connectivity index (χ1) is 6.77. The second-order valence-electron chi connectivity index (χ2n) is 4.67. The van der Waals surface area contributed by atoms with Gasteiger partial charge in [0, 0.05) is 12.0 Å². The number of hydrogen-bond acceptors (Lipinski definition) is 2. The van der Waals surface area contributed by atoms with Crippen LogP contribution in [0.1, 0.15) is 19.3 Å². The molecular weight excluding hydrogens is 176 g/mol. The van der Waals surface area contributed by atoms with E-state index in [4.69, 9.17) is 4.74 Å². The molecule has 0 bridgehead atoms. The van der Waals surface area contributed by atoms with Crippen molar-refractivity contribution in [2.24, 2.45) is 11.3 Å². The Hall–Kier alpha value is -0.890. The Morgan fingerprint density at radius 3 is 2.79 bits per heavy atom. The van der Waals surface area contributed by atoms with Gasteiger partial charge >= 0.3 is 0 Å². The molecule has 1 heterocycles. The van der Waals surface area contributed by atoms with Crippen LogP contribution in [0.2, 0.25) is 0 Å². The average molecular weight is 190 g/mol. The summed E-state index contributed by atoms with van der Waals surface area (Å²) in [6, 6.07) is 0. The fourth-order valence-electron chi connectivity index (χ4n) is 2.98. The summed E-state index contributed by atoms with van der Waals surface area (Å²) in [6.07, 6.45) is 11.5. The number of carbonyl (C=O) groups excluding carboxylic acids is 1. The minimum atomic E-state index is 0.119. The van der Waals surface area contributed by atoms with Gasteiger partial charge in [-0.15, -0.1) is 0 Å². The van der Waals surface area contributed by atoms with Crippen molar-refractivity contribution < 1.29 is 9.53 Å². The smallest absolute Gasteiger partial charge is 0.178 e. The van der Waals surface area contributed by atoms with Gasteiger partial charge in [0.1, 0.15) is 0 Å². The van der Waals surface area contributed by atoms with Gasteiger partial charge < -0.3 is 4.74 Å². The zero-order valence-corrected chi connectivity index (χ0v) is 8.11. The Kier molecular flexibility index (Phi) is 1.68. The first-order valence-electron chi connectivity index (χ1n) is 5.32. The first-order valence-corrected chi connectivity index (χ1v) is 5.32. The number of allylic oxidation sites excluding steroid dienone is 4. The number of rotatable bonds is 0. The summed E-state index contributed by atoms with van der Waals surface area (Å²) in [5, 5.41) is 0. The maximum absolute atomic E-state index is 11.0. The fraction of sp³-hybridized carbons (Fsp3) is 0.583. The third kappa shape index (κ3) is 1.17. The molecule has 0 aromatic heterocycles. The van der Waals surface area contributed by atoms with Crippen molar-refractivity contribution in [2.45, 2.75) is 25.4 Å². The van der Waals surface area contributed by atoms with Gasteiger partial charge in [-0.1, -0.05) is 12.2 Å². The van der Waals surface area contributed by atoms with E-state index in [0.29, 0.717) is 6.10 Å². The van der Waals surface area contributed by atoms with Crippen LogP contribution in [-0.2, 0) is 9.53 Å². The van der Waals surface area contributed by atoms with Crippen LogP contribution in [0.4, 0.5) is 0 Å². The highest BCUT2D eigenvalue weighted by Gasteiger charge is 2.45. The van der Waals surface area contributed by atoms with Crippen LogP contribution in [0, 0.1) is 11.3 Å². The highest BCUT2D eigenvalue weighted by molar-refractivity contribution is 6.00. The molecule has 1 aliphatic heterocycles. The van der Waals surface area contributed by atoms with Crippen LogP contribution < -0.4 is 0 Å². The van der Waals surface area contributed by atoms with E-state index >= 15 is 0 Å². The molecule has 2 fully saturated rings. The molecule has 74 valence electrons. The summed E-state index contributed by atoms with van der Waals surface area (Å²) in [6.45, 7) is 0.928. The van der Waals surface area contributed by atoms with Crippen LogP contribution in [0.25, 0.3) is 0 Å². The Labute approximate surface area is 83.6 Å². The maximum Gasteiger partial charge on any atom is 0.178 e. The summed E-state index contributed by atoms with van der Waals surface area (Å²) in [5.74, 6) is 0.839. The van der Waals surface area contributed by atoms with Crippen LogP contribution in [0.15, 0.2) is 24.3 Å². The SMILES string of the molecule is O=C1C=CC2(C=C1)C[C@H]1CCO[C@H]1C2. The van der Waals surface area contributed by atoms with Gasteiger partial charge in [0.05, 0.1) is 6.10 Å². The fourth-order valence-corrected chi connectivity index (χ4v) is 2.98. The van der Waals surface area contributed by atoms with E-state index in [1.165, 1.54) is 6.42 Å². The molecule has 2 atom stereocenters. The zero-order valence-electron chi connectivity index (χ0n) is 8.11. The maximum atomic E-state index is 11.0. The highest BCUT2D eigenvalue weighted by atomic mass is 16.5. The normalized spacial score (nSPS) is 38.1. The lowest BCUT2D eigenvalue weighted by Crippen LogP contribution is -2.16. The standard InChI is InChI=1S/C12H14O2/c13-10-1-4-12(5-2-10)7-9-3-6-14-11(9)8-12/h1-2,4-5,9,11H,3,6-8H2/t9-,11+/m1/s1. The predicted molar refractivity (Wildman–Crippen MR) is 52.8 cm³/mol. The Bertz CT molecular complexity index is 297. The minimum absolute atomic E-state index is 0.119. The molecular formula is C12H14O2. The third-order valence-corrected chi connectivity index (χ3v) is 3.73. The van der Waals surface area contributed by atoms with Crippen molar-refractivity contribution in [3.05, 3.63) is 24.3 Å². The van der Waals surface area contributed by atoms with Crippen LogP contribution in [-0.4, -0.2) is 18.5 Å². The minimum Gasteiger partial charge on any atom is -0.378 e. The molecule has 2 heteroatoms. The van der Waals surface area contributed by atoms with E-state index in [0.717, 1.165) is 25.4 Å². The van der Waals surface area contributed by atoms with E-state index in [2.05, 4.69) is 12.2 Å². The second-order valence-corrected chi connectivity index (χ2v) is 4.67. The summed E-state index contributed by atoms with van der Waals surface area (Å²) in [5.41, 5.74) is 0.143. The van der Waals surface area contributed by atoms with Crippen molar-refractivity contribution in [1.29, 1.82) is 0 Å². The molecule has 1 saturated carbocycles. The van der Waals surface area contributed by atoms with Crippen molar-refractivity contribution in [3.8, 4) is 0 Å². The van der Waals surface area contributed by atoms with E-state index in [9.17, 15) is 4.79 Å². The van der Waals surface area contributed by atoms with Crippen LogP contribution >= 0.6 is 0 Å². The molecule has 3 aliphatic rings. The summed E-state index contributed by atoms with van der Waals surface area (Å²) < 4.78 is 5.68. The lowest BCUT2D eigenvalue weighted by atomic mass is 9.81. The number of ketones is 1. The van der Waals surface area contributed by atoms with Gasteiger partial charge in [0.15, 0.2) is 5.78 Å². The third-order valence-electron chi connectivity index (χ3n) is 3.73. The largest absolute Gasteiger partial charge is 0.378 e. The Balaban J connectivity index is 1.84. The Morgan fingerprint density at radius 2 is 2.07 bits per heavy atom. The van der Waals surface area contributed by atoms with E-state index in [-0.39, 0.29) is 11.2 Å². The number of ether oxygens (including phenoxy) is 1.